The average Bonchev–Trinajstić information content (AvgIpc) is 2.41. The van der Waals surface area contributed by atoms with Crippen LogP contribution < -0.4 is 11.1 Å². The van der Waals surface area contributed by atoms with E-state index in [2.05, 4.69) is 10.1 Å². The molecule has 7 heteroatoms. The molecule has 0 bridgehead atoms. The van der Waals surface area contributed by atoms with Gasteiger partial charge in [-0.15, -0.1) is 0 Å². The van der Waals surface area contributed by atoms with Gasteiger partial charge >= 0.3 is 0 Å². The first-order valence-corrected chi connectivity index (χ1v) is 7.07. The molecule has 0 spiro atoms. The van der Waals surface area contributed by atoms with Gasteiger partial charge in [0.25, 0.3) is 6.43 Å². The first kappa shape index (κ1) is 17.3. The number of ether oxygens (including phenoxy) is 2. The van der Waals surface area contributed by atoms with Crippen molar-refractivity contribution >= 4 is 5.91 Å². The average molecular weight is 294 g/mol. The van der Waals surface area contributed by atoms with E-state index in [1.807, 2.05) is 0 Å². The number of alkyl halides is 2. The Balaban J connectivity index is 1.91. The van der Waals surface area contributed by atoms with Gasteiger partial charge in [0.15, 0.2) is 0 Å². The molecule has 0 aromatic heterocycles. The number of rotatable bonds is 9. The molecule has 118 valence electrons. The maximum Gasteiger partial charge on any atom is 0.261 e. The minimum atomic E-state index is -2.49. The van der Waals surface area contributed by atoms with E-state index >= 15 is 0 Å². The molecule has 0 aromatic carbocycles. The number of carbonyl (C=O) groups is 1. The molecular formula is C13H24F2N2O3. The summed E-state index contributed by atoms with van der Waals surface area (Å²) in [5.74, 6) is -0.214. The predicted molar refractivity (Wildman–Crippen MR) is 70.6 cm³/mol. The largest absolute Gasteiger partial charge is 0.376 e. The number of nitrogens with two attached hydrogens (primary N) is 1. The van der Waals surface area contributed by atoms with Gasteiger partial charge in [0, 0.05) is 19.0 Å². The number of hydrogen-bond donors (Lipinski definition) is 2. The fraction of sp³-hybridized carbons (Fsp3) is 0.923. The lowest BCUT2D eigenvalue weighted by molar-refractivity contribution is -0.123. The summed E-state index contributed by atoms with van der Waals surface area (Å²) in [4.78, 5) is 11.3. The molecule has 0 aliphatic heterocycles. The Morgan fingerprint density at radius 3 is 2.60 bits per heavy atom. The van der Waals surface area contributed by atoms with Crippen molar-refractivity contribution in [2.45, 2.75) is 50.7 Å². The van der Waals surface area contributed by atoms with Crippen LogP contribution in [0.15, 0.2) is 0 Å². The molecule has 1 aliphatic rings. The van der Waals surface area contributed by atoms with E-state index in [0.29, 0.717) is 19.2 Å². The molecular weight excluding hydrogens is 270 g/mol. The molecule has 5 nitrogen and oxygen atoms in total. The van der Waals surface area contributed by atoms with Gasteiger partial charge in [-0.25, -0.2) is 8.78 Å². The SMILES string of the molecule is NC1CCC(OCCNC(=O)CCOCC(F)F)CC1. The predicted octanol–water partition coefficient (Wildman–Crippen LogP) is 1.06. The van der Waals surface area contributed by atoms with Gasteiger partial charge in [0.2, 0.25) is 5.91 Å². The number of amides is 1. The smallest absolute Gasteiger partial charge is 0.261 e. The Morgan fingerprint density at radius 1 is 1.25 bits per heavy atom. The van der Waals surface area contributed by atoms with Gasteiger partial charge in [0.05, 0.1) is 19.3 Å². The van der Waals surface area contributed by atoms with E-state index in [4.69, 9.17) is 10.5 Å². The Bertz CT molecular complexity index is 272. The Labute approximate surface area is 118 Å². The number of carbonyl (C=O) groups excluding carboxylic acids is 1. The Hall–Kier alpha value is -0.790. The number of nitrogens with one attached hydrogen (secondary N) is 1. The van der Waals surface area contributed by atoms with Crippen molar-refractivity contribution in [3.63, 3.8) is 0 Å². The van der Waals surface area contributed by atoms with Gasteiger partial charge < -0.3 is 20.5 Å². The molecule has 0 unspecified atom stereocenters. The van der Waals surface area contributed by atoms with Crippen LogP contribution in [0.2, 0.25) is 0 Å². The van der Waals surface area contributed by atoms with Crippen molar-refractivity contribution in [1.82, 2.24) is 5.32 Å². The second kappa shape index (κ2) is 10.0. The van der Waals surface area contributed by atoms with Crippen molar-refractivity contribution in [2.75, 3.05) is 26.4 Å². The molecule has 1 aliphatic carbocycles. The van der Waals surface area contributed by atoms with Crippen LogP contribution in [-0.4, -0.2) is 50.8 Å². The summed E-state index contributed by atoms with van der Waals surface area (Å²) in [6.07, 6.45) is 1.74. The maximum atomic E-state index is 11.8. The lowest BCUT2D eigenvalue weighted by Crippen LogP contribution is -2.33. The molecule has 1 amide bonds. The highest BCUT2D eigenvalue weighted by atomic mass is 19.3. The quantitative estimate of drug-likeness (QED) is 0.624. The Morgan fingerprint density at radius 2 is 1.95 bits per heavy atom. The minimum absolute atomic E-state index is 0.0115. The second-order valence-corrected chi connectivity index (χ2v) is 4.97. The third kappa shape index (κ3) is 8.39. The molecule has 1 rings (SSSR count). The van der Waals surface area contributed by atoms with Crippen LogP contribution in [0.5, 0.6) is 0 Å². The van der Waals surface area contributed by atoms with Gasteiger partial charge in [-0.2, -0.15) is 0 Å². The highest BCUT2D eigenvalue weighted by Gasteiger charge is 2.18. The van der Waals surface area contributed by atoms with Crippen molar-refractivity contribution < 1.29 is 23.0 Å². The van der Waals surface area contributed by atoms with E-state index < -0.39 is 13.0 Å². The van der Waals surface area contributed by atoms with E-state index in [-0.39, 0.29) is 25.0 Å². The van der Waals surface area contributed by atoms with Crippen LogP contribution >= 0.6 is 0 Å². The van der Waals surface area contributed by atoms with Crippen LogP contribution in [0.4, 0.5) is 8.78 Å². The molecule has 0 atom stereocenters. The molecule has 0 heterocycles. The topological polar surface area (TPSA) is 73.6 Å². The first-order valence-electron chi connectivity index (χ1n) is 7.07. The van der Waals surface area contributed by atoms with E-state index in [1.54, 1.807) is 0 Å². The first-order chi connectivity index (χ1) is 9.58. The third-order valence-electron chi connectivity index (χ3n) is 3.21. The summed E-state index contributed by atoms with van der Waals surface area (Å²) in [5.41, 5.74) is 5.80. The molecule has 3 N–H and O–H groups in total. The summed E-state index contributed by atoms with van der Waals surface area (Å²) in [6.45, 7) is 0.275. The number of hydrogen-bond acceptors (Lipinski definition) is 4. The standard InChI is InChI=1S/C13H24F2N2O3/c14-12(15)9-19-7-5-13(18)17-6-8-20-11-3-1-10(16)2-4-11/h10-12H,1-9,16H2,(H,17,18). The fourth-order valence-electron chi connectivity index (χ4n) is 2.10. The van der Waals surface area contributed by atoms with Crippen LogP contribution in [0.25, 0.3) is 0 Å². The summed E-state index contributed by atoms with van der Waals surface area (Å²) < 4.78 is 33.8. The molecule has 1 saturated carbocycles. The molecule has 0 aromatic rings. The highest BCUT2D eigenvalue weighted by Crippen LogP contribution is 2.19. The van der Waals surface area contributed by atoms with Crippen LogP contribution in [0.1, 0.15) is 32.1 Å². The van der Waals surface area contributed by atoms with Crippen LogP contribution in [-0.2, 0) is 14.3 Å². The maximum absolute atomic E-state index is 11.8. The fourth-order valence-corrected chi connectivity index (χ4v) is 2.10. The normalized spacial score (nSPS) is 23.0. The van der Waals surface area contributed by atoms with Crippen molar-refractivity contribution in [3.8, 4) is 0 Å². The monoisotopic (exact) mass is 294 g/mol. The van der Waals surface area contributed by atoms with Gasteiger partial charge in [0.1, 0.15) is 6.61 Å². The summed E-state index contributed by atoms with van der Waals surface area (Å²) in [5, 5.41) is 2.66. The molecule has 0 saturated heterocycles. The third-order valence-corrected chi connectivity index (χ3v) is 3.21. The lowest BCUT2D eigenvalue weighted by Gasteiger charge is -2.26. The van der Waals surface area contributed by atoms with Gasteiger partial charge in [-0.05, 0) is 25.7 Å². The van der Waals surface area contributed by atoms with E-state index in [1.165, 1.54) is 0 Å². The van der Waals surface area contributed by atoms with Gasteiger partial charge in [-0.3, -0.25) is 4.79 Å². The van der Waals surface area contributed by atoms with Crippen LogP contribution in [0.3, 0.4) is 0 Å². The van der Waals surface area contributed by atoms with E-state index in [9.17, 15) is 13.6 Å². The second-order valence-electron chi connectivity index (χ2n) is 4.97. The zero-order chi connectivity index (χ0) is 14.8. The summed E-state index contributed by atoms with van der Waals surface area (Å²) in [6, 6.07) is 0.294. The zero-order valence-electron chi connectivity index (χ0n) is 11.7. The van der Waals surface area contributed by atoms with Crippen LogP contribution in [0, 0.1) is 0 Å². The summed E-state index contributed by atoms with van der Waals surface area (Å²) >= 11 is 0. The summed E-state index contributed by atoms with van der Waals surface area (Å²) in [7, 11) is 0. The van der Waals surface area contributed by atoms with E-state index in [0.717, 1.165) is 25.7 Å². The van der Waals surface area contributed by atoms with Gasteiger partial charge in [-0.1, -0.05) is 0 Å². The molecule has 20 heavy (non-hydrogen) atoms. The van der Waals surface area contributed by atoms with Crippen molar-refractivity contribution in [3.05, 3.63) is 0 Å². The Kier molecular flexibility index (Phi) is 8.64. The minimum Gasteiger partial charge on any atom is -0.376 e. The highest BCUT2D eigenvalue weighted by molar-refractivity contribution is 5.75. The molecule has 1 fully saturated rings. The lowest BCUT2D eigenvalue weighted by atomic mass is 9.94. The van der Waals surface area contributed by atoms with Crippen molar-refractivity contribution in [2.24, 2.45) is 5.73 Å². The number of halogens is 2. The van der Waals surface area contributed by atoms with Crippen molar-refractivity contribution in [1.29, 1.82) is 0 Å². The zero-order valence-corrected chi connectivity index (χ0v) is 11.7. The molecule has 0 radical (unpaired) electrons.